The van der Waals surface area contributed by atoms with E-state index in [4.69, 9.17) is 5.11 Å². The third kappa shape index (κ3) is 3.31. The van der Waals surface area contributed by atoms with Gasteiger partial charge in [0.25, 0.3) is 0 Å². The fraction of sp³-hybridized carbons (Fsp3) is 0.300. The second-order valence-electron chi connectivity index (χ2n) is 3.41. The summed E-state index contributed by atoms with van der Waals surface area (Å²) in [7, 11) is 0. The molecule has 0 aliphatic carbocycles. The summed E-state index contributed by atoms with van der Waals surface area (Å²) >= 11 is 0. The molecule has 0 bridgehead atoms. The predicted molar refractivity (Wildman–Crippen MR) is 52.0 cm³/mol. The lowest BCUT2D eigenvalue weighted by molar-refractivity contribution is -0.190. The van der Waals surface area contributed by atoms with Crippen LogP contribution in [-0.2, 0) is 4.79 Å². The molecule has 1 atom stereocenters. The average Bonchev–Trinajstić information content (AvgIpc) is 2.22. The number of alkyl halides is 3. The van der Waals surface area contributed by atoms with Gasteiger partial charge in [0.1, 0.15) is 0 Å². The molecule has 0 heterocycles. The lowest BCUT2D eigenvalue weighted by Crippen LogP contribution is -2.36. The molecule has 2 N–H and O–H groups in total. The van der Waals surface area contributed by atoms with Crippen LogP contribution in [0.15, 0.2) is 18.2 Å². The molecule has 8 heteroatoms. The molecule has 0 fully saturated rings. The smallest absolute Gasteiger partial charge is 0.403 e. The Morgan fingerprint density at radius 2 is 1.94 bits per heavy atom. The minimum atomic E-state index is -4.97. The molecule has 0 saturated carbocycles. The first-order valence-electron chi connectivity index (χ1n) is 4.71. The van der Waals surface area contributed by atoms with Gasteiger partial charge >= 0.3 is 12.1 Å². The minimum Gasteiger partial charge on any atom is -0.481 e. The summed E-state index contributed by atoms with van der Waals surface area (Å²) in [5, 5.41) is 10.3. The van der Waals surface area contributed by atoms with E-state index < -0.39 is 41.9 Å². The zero-order valence-corrected chi connectivity index (χ0v) is 8.76. The maximum Gasteiger partial charge on any atom is 0.403 e. The number of halogens is 5. The van der Waals surface area contributed by atoms with Crippen molar-refractivity contribution in [2.45, 2.75) is 6.18 Å². The highest BCUT2D eigenvalue weighted by Crippen LogP contribution is 2.27. The molecule has 0 aromatic heterocycles. The largest absolute Gasteiger partial charge is 0.481 e. The quantitative estimate of drug-likeness (QED) is 0.826. The summed E-state index contributed by atoms with van der Waals surface area (Å²) in [4.78, 5) is 10.4. The standard InChI is InChI=1S/C10H8F5NO2/c11-6-2-1-3-7(8(6)12)16-4-5(9(17)18)10(13,14)15/h1-3,5,16H,4H2,(H,17,18). The summed E-state index contributed by atoms with van der Waals surface area (Å²) in [5.74, 6) is -7.38. The molecular weight excluding hydrogens is 261 g/mol. The van der Waals surface area contributed by atoms with Gasteiger partial charge in [0.05, 0.1) is 5.69 Å². The van der Waals surface area contributed by atoms with E-state index in [1.165, 1.54) is 0 Å². The van der Waals surface area contributed by atoms with Crippen molar-refractivity contribution >= 4 is 11.7 Å². The molecule has 0 amide bonds. The molecule has 1 aromatic rings. The molecule has 0 saturated heterocycles. The van der Waals surface area contributed by atoms with E-state index in [-0.39, 0.29) is 0 Å². The summed E-state index contributed by atoms with van der Waals surface area (Å²) in [6.45, 7) is -1.08. The van der Waals surface area contributed by atoms with E-state index in [9.17, 15) is 26.7 Å². The van der Waals surface area contributed by atoms with Crippen LogP contribution in [0.5, 0.6) is 0 Å². The van der Waals surface area contributed by atoms with Gasteiger partial charge in [-0.2, -0.15) is 13.2 Å². The third-order valence-corrected chi connectivity index (χ3v) is 2.14. The Balaban J connectivity index is 2.80. The molecular formula is C10H8F5NO2. The van der Waals surface area contributed by atoms with Crippen LogP contribution in [0.3, 0.4) is 0 Å². The average molecular weight is 269 g/mol. The van der Waals surface area contributed by atoms with Crippen molar-refractivity contribution in [2.24, 2.45) is 5.92 Å². The molecule has 0 spiro atoms. The first-order valence-corrected chi connectivity index (χ1v) is 4.71. The number of aliphatic carboxylic acids is 1. The second kappa shape index (κ2) is 5.19. The summed E-state index contributed by atoms with van der Waals surface area (Å²) in [6, 6.07) is 2.89. The Bertz CT molecular complexity index is 446. The van der Waals surface area contributed by atoms with Crippen molar-refractivity contribution in [3.63, 3.8) is 0 Å². The number of hydrogen-bond acceptors (Lipinski definition) is 2. The van der Waals surface area contributed by atoms with E-state index in [1.807, 2.05) is 5.32 Å². The van der Waals surface area contributed by atoms with Crippen LogP contribution in [0.1, 0.15) is 0 Å². The third-order valence-electron chi connectivity index (χ3n) is 2.14. The van der Waals surface area contributed by atoms with Crippen molar-refractivity contribution in [3.8, 4) is 0 Å². The molecule has 3 nitrogen and oxygen atoms in total. The van der Waals surface area contributed by atoms with E-state index in [1.54, 1.807) is 0 Å². The van der Waals surface area contributed by atoms with Gasteiger partial charge in [0.2, 0.25) is 0 Å². The first kappa shape index (κ1) is 14.2. The van der Waals surface area contributed by atoms with Crippen LogP contribution >= 0.6 is 0 Å². The number of anilines is 1. The number of carbonyl (C=O) groups is 1. The Kier molecular flexibility index (Phi) is 4.10. The van der Waals surface area contributed by atoms with Gasteiger partial charge in [-0.1, -0.05) is 6.07 Å². The van der Waals surface area contributed by atoms with Crippen molar-refractivity contribution < 1.29 is 31.9 Å². The zero-order chi connectivity index (χ0) is 13.9. The predicted octanol–water partition coefficient (Wildman–Crippen LogP) is 2.64. The van der Waals surface area contributed by atoms with E-state index in [0.717, 1.165) is 18.2 Å². The van der Waals surface area contributed by atoms with Crippen LogP contribution in [0, 0.1) is 17.6 Å². The number of hydrogen-bond donors (Lipinski definition) is 2. The minimum absolute atomic E-state index is 0.523. The van der Waals surface area contributed by atoms with Crippen LogP contribution in [-0.4, -0.2) is 23.8 Å². The lowest BCUT2D eigenvalue weighted by Gasteiger charge is -2.17. The number of nitrogens with one attached hydrogen (secondary N) is 1. The van der Waals surface area contributed by atoms with Gasteiger partial charge in [0, 0.05) is 6.54 Å². The summed E-state index contributed by atoms with van der Waals surface area (Å²) in [6.07, 6.45) is -4.97. The highest BCUT2D eigenvalue weighted by atomic mass is 19.4. The van der Waals surface area contributed by atoms with Crippen LogP contribution in [0.4, 0.5) is 27.6 Å². The Hall–Kier alpha value is -1.86. The fourth-order valence-corrected chi connectivity index (χ4v) is 1.20. The van der Waals surface area contributed by atoms with Crippen LogP contribution in [0.25, 0.3) is 0 Å². The fourth-order valence-electron chi connectivity index (χ4n) is 1.20. The van der Waals surface area contributed by atoms with Gasteiger partial charge < -0.3 is 10.4 Å². The number of benzene rings is 1. The molecule has 1 unspecified atom stereocenters. The topological polar surface area (TPSA) is 49.3 Å². The van der Waals surface area contributed by atoms with Crippen molar-refractivity contribution in [1.82, 2.24) is 0 Å². The second-order valence-corrected chi connectivity index (χ2v) is 3.41. The molecule has 0 aliphatic heterocycles. The zero-order valence-electron chi connectivity index (χ0n) is 8.76. The maximum absolute atomic E-state index is 13.1. The number of carboxylic acid groups (broad SMARTS) is 1. The van der Waals surface area contributed by atoms with Crippen molar-refractivity contribution in [1.29, 1.82) is 0 Å². The first-order chi connectivity index (χ1) is 8.23. The van der Waals surface area contributed by atoms with Crippen molar-refractivity contribution in [2.75, 3.05) is 11.9 Å². The molecule has 0 aliphatic rings. The normalized spacial score (nSPS) is 13.2. The summed E-state index contributed by atoms with van der Waals surface area (Å²) in [5.41, 5.74) is -0.523. The summed E-state index contributed by atoms with van der Waals surface area (Å²) < 4.78 is 62.6. The molecule has 1 rings (SSSR count). The SMILES string of the molecule is O=C(O)C(CNc1cccc(F)c1F)C(F)(F)F. The van der Waals surface area contributed by atoms with E-state index in [0.29, 0.717) is 0 Å². The van der Waals surface area contributed by atoms with Gasteiger partial charge in [-0.3, -0.25) is 4.79 Å². The molecule has 1 aromatic carbocycles. The van der Waals surface area contributed by atoms with E-state index in [2.05, 4.69) is 0 Å². The highest BCUT2D eigenvalue weighted by Gasteiger charge is 2.44. The maximum atomic E-state index is 13.1. The Labute approximate surface area is 98.2 Å². The van der Waals surface area contributed by atoms with Crippen LogP contribution < -0.4 is 5.32 Å². The number of rotatable bonds is 4. The molecule has 0 radical (unpaired) electrons. The van der Waals surface area contributed by atoms with Crippen LogP contribution in [0.2, 0.25) is 0 Å². The Morgan fingerprint density at radius 1 is 1.33 bits per heavy atom. The number of carboxylic acids is 1. The van der Waals surface area contributed by atoms with Gasteiger partial charge in [-0.05, 0) is 12.1 Å². The van der Waals surface area contributed by atoms with Gasteiger partial charge in [-0.15, -0.1) is 0 Å². The van der Waals surface area contributed by atoms with E-state index >= 15 is 0 Å². The Morgan fingerprint density at radius 3 is 2.44 bits per heavy atom. The van der Waals surface area contributed by atoms with Gasteiger partial charge in [0.15, 0.2) is 17.6 Å². The molecule has 18 heavy (non-hydrogen) atoms. The lowest BCUT2D eigenvalue weighted by atomic mass is 10.1. The highest BCUT2D eigenvalue weighted by molar-refractivity contribution is 5.71. The molecule has 100 valence electrons. The monoisotopic (exact) mass is 269 g/mol. The van der Waals surface area contributed by atoms with Gasteiger partial charge in [-0.25, -0.2) is 8.78 Å². The van der Waals surface area contributed by atoms with Crippen molar-refractivity contribution in [3.05, 3.63) is 29.8 Å².